The van der Waals surface area contributed by atoms with Gasteiger partial charge in [0.1, 0.15) is 5.75 Å². The minimum absolute atomic E-state index is 0.0427. The number of rotatable bonds is 5. The fourth-order valence-corrected chi connectivity index (χ4v) is 3.50. The summed E-state index contributed by atoms with van der Waals surface area (Å²) < 4.78 is 5.13. The summed E-state index contributed by atoms with van der Waals surface area (Å²) in [5, 5.41) is 3.06. The molecule has 26 heavy (non-hydrogen) atoms. The van der Waals surface area contributed by atoms with Gasteiger partial charge in [-0.25, -0.2) is 0 Å². The fourth-order valence-electron chi connectivity index (χ4n) is 3.50. The molecule has 0 aromatic heterocycles. The Morgan fingerprint density at radius 1 is 1.15 bits per heavy atom. The van der Waals surface area contributed by atoms with E-state index in [0.29, 0.717) is 5.56 Å². The zero-order valence-corrected chi connectivity index (χ0v) is 15.9. The van der Waals surface area contributed by atoms with Crippen molar-refractivity contribution in [3.05, 3.63) is 59.7 Å². The lowest BCUT2D eigenvalue weighted by Gasteiger charge is -2.33. The molecule has 2 aromatic carbocycles. The van der Waals surface area contributed by atoms with Crippen molar-refractivity contribution in [2.24, 2.45) is 5.92 Å². The molecule has 1 saturated heterocycles. The quantitative estimate of drug-likeness (QED) is 0.866. The van der Waals surface area contributed by atoms with Crippen LogP contribution in [0.15, 0.2) is 48.5 Å². The molecule has 0 saturated carbocycles. The highest BCUT2D eigenvalue weighted by Crippen LogP contribution is 2.24. The van der Waals surface area contributed by atoms with Gasteiger partial charge < -0.3 is 15.0 Å². The van der Waals surface area contributed by atoms with Crippen molar-refractivity contribution >= 4 is 11.6 Å². The molecule has 0 aliphatic carbocycles. The fraction of sp³-hybridized carbons (Fsp3) is 0.409. The Morgan fingerprint density at radius 3 is 2.46 bits per heavy atom. The minimum atomic E-state index is -0.0749. The van der Waals surface area contributed by atoms with E-state index in [1.807, 2.05) is 6.92 Å². The highest BCUT2D eigenvalue weighted by molar-refractivity contribution is 5.94. The minimum Gasteiger partial charge on any atom is -0.497 e. The van der Waals surface area contributed by atoms with Crippen LogP contribution in [-0.4, -0.2) is 26.1 Å². The molecule has 3 rings (SSSR count). The largest absolute Gasteiger partial charge is 0.497 e. The Kier molecular flexibility index (Phi) is 5.82. The summed E-state index contributed by atoms with van der Waals surface area (Å²) in [6.45, 7) is 6.59. The molecule has 0 spiro atoms. The number of ether oxygens (including phenoxy) is 1. The van der Waals surface area contributed by atoms with Crippen molar-refractivity contribution in [2.75, 3.05) is 25.1 Å². The first kappa shape index (κ1) is 18.3. The van der Waals surface area contributed by atoms with Crippen LogP contribution in [0.1, 0.15) is 48.7 Å². The zero-order chi connectivity index (χ0) is 18.5. The number of hydrogen-bond acceptors (Lipinski definition) is 3. The van der Waals surface area contributed by atoms with Gasteiger partial charge in [0.2, 0.25) is 0 Å². The second-order valence-electron chi connectivity index (χ2n) is 7.21. The van der Waals surface area contributed by atoms with E-state index in [1.165, 1.54) is 18.5 Å². The molecule has 1 heterocycles. The lowest BCUT2D eigenvalue weighted by Crippen LogP contribution is -2.34. The van der Waals surface area contributed by atoms with Crippen molar-refractivity contribution in [3.63, 3.8) is 0 Å². The van der Waals surface area contributed by atoms with Crippen molar-refractivity contribution in [1.29, 1.82) is 0 Å². The summed E-state index contributed by atoms with van der Waals surface area (Å²) in [7, 11) is 1.62. The first-order valence-electron chi connectivity index (χ1n) is 9.36. The molecule has 4 nitrogen and oxygen atoms in total. The Labute approximate surface area is 156 Å². The van der Waals surface area contributed by atoms with Crippen molar-refractivity contribution in [1.82, 2.24) is 5.32 Å². The number of nitrogens with one attached hydrogen (secondary N) is 1. The standard InChI is InChI=1S/C22H28N2O2/c1-16-5-4-14-24(15-16)20-10-6-18(7-11-20)17(2)23-22(25)19-8-12-21(26-3)13-9-19/h6-13,16-17H,4-5,14-15H2,1-3H3,(H,23,25)/t16-,17-/m0/s1. The first-order valence-corrected chi connectivity index (χ1v) is 9.36. The molecule has 2 atom stereocenters. The number of amides is 1. The van der Waals surface area contributed by atoms with Gasteiger partial charge in [0.25, 0.3) is 5.91 Å². The van der Waals surface area contributed by atoms with Gasteiger partial charge in [-0.2, -0.15) is 0 Å². The van der Waals surface area contributed by atoms with E-state index in [1.54, 1.807) is 31.4 Å². The molecule has 4 heteroatoms. The van der Waals surface area contributed by atoms with Crippen LogP contribution in [0.4, 0.5) is 5.69 Å². The van der Waals surface area contributed by atoms with Gasteiger partial charge in [-0.1, -0.05) is 19.1 Å². The summed E-state index contributed by atoms with van der Waals surface area (Å²) in [5.74, 6) is 1.43. The third-order valence-electron chi connectivity index (χ3n) is 5.12. The second-order valence-corrected chi connectivity index (χ2v) is 7.21. The van der Waals surface area contributed by atoms with Crippen LogP contribution in [0.2, 0.25) is 0 Å². The van der Waals surface area contributed by atoms with Crippen LogP contribution in [0.3, 0.4) is 0 Å². The second kappa shape index (κ2) is 8.26. The van der Waals surface area contributed by atoms with Crippen molar-refractivity contribution < 1.29 is 9.53 Å². The topological polar surface area (TPSA) is 41.6 Å². The Hall–Kier alpha value is -2.49. The third-order valence-corrected chi connectivity index (χ3v) is 5.12. The van der Waals surface area contributed by atoms with E-state index in [2.05, 4.69) is 41.4 Å². The normalized spacial score (nSPS) is 18.3. The maximum absolute atomic E-state index is 12.4. The van der Waals surface area contributed by atoms with Crippen LogP contribution >= 0.6 is 0 Å². The van der Waals surface area contributed by atoms with Gasteiger partial charge in [-0.15, -0.1) is 0 Å². The van der Waals surface area contributed by atoms with E-state index in [0.717, 1.165) is 30.3 Å². The number of piperidine rings is 1. The van der Waals surface area contributed by atoms with Crippen molar-refractivity contribution in [3.8, 4) is 5.75 Å². The summed E-state index contributed by atoms with van der Waals surface area (Å²) in [4.78, 5) is 14.9. The van der Waals surface area contributed by atoms with E-state index in [4.69, 9.17) is 4.74 Å². The van der Waals surface area contributed by atoms with E-state index < -0.39 is 0 Å². The molecular weight excluding hydrogens is 324 g/mol. The number of carbonyl (C=O) groups is 1. The molecule has 0 unspecified atom stereocenters. The molecule has 1 fully saturated rings. The maximum atomic E-state index is 12.4. The number of benzene rings is 2. The Bertz CT molecular complexity index is 725. The molecule has 2 aromatic rings. The molecule has 1 N–H and O–H groups in total. The lowest BCUT2D eigenvalue weighted by molar-refractivity contribution is 0.0940. The maximum Gasteiger partial charge on any atom is 0.251 e. The number of nitrogens with zero attached hydrogens (tertiary/aromatic N) is 1. The molecule has 1 aliphatic rings. The van der Waals surface area contributed by atoms with Gasteiger partial charge in [-0.3, -0.25) is 4.79 Å². The molecule has 1 amide bonds. The number of anilines is 1. The summed E-state index contributed by atoms with van der Waals surface area (Å²) in [6, 6.07) is 15.7. The number of carbonyl (C=O) groups excluding carboxylic acids is 1. The Morgan fingerprint density at radius 2 is 1.85 bits per heavy atom. The van der Waals surface area contributed by atoms with Crippen LogP contribution in [0.25, 0.3) is 0 Å². The predicted molar refractivity (Wildman–Crippen MR) is 106 cm³/mol. The van der Waals surface area contributed by atoms with E-state index in [9.17, 15) is 4.79 Å². The van der Waals surface area contributed by atoms with Crippen LogP contribution in [0.5, 0.6) is 5.75 Å². The van der Waals surface area contributed by atoms with Gasteiger partial charge in [0.05, 0.1) is 13.2 Å². The smallest absolute Gasteiger partial charge is 0.251 e. The van der Waals surface area contributed by atoms with Gasteiger partial charge >= 0.3 is 0 Å². The Balaban J connectivity index is 1.62. The molecular formula is C22H28N2O2. The van der Waals surface area contributed by atoms with Gasteiger partial charge in [0.15, 0.2) is 0 Å². The summed E-state index contributed by atoms with van der Waals surface area (Å²) in [6.07, 6.45) is 2.58. The molecule has 1 aliphatic heterocycles. The SMILES string of the molecule is COc1ccc(C(=O)N[C@@H](C)c2ccc(N3CCC[C@H](C)C3)cc2)cc1. The first-order chi connectivity index (χ1) is 12.6. The highest BCUT2D eigenvalue weighted by atomic mass is 16.5. The highest BCUT2D eigenvalue weighted by Gasteiger charge is 2.17. The van der Waals surface area contributed by atoms with Gasteiger partial charge in [0, 0.05) is 24.3 Å². The summed E-state index contributed by atoms with van der Waals surface area (Å²) >= 11 is 0. The van der Waals surface area contributed by atoms with Crippen LogP contribution in [-0.2, 0) is 0 Å². The predicted octanol–water partition coefficient (Wildman–Crippen LogP) is 4.42. The average molecular weight is 352 g/mol. The number of methoxy groups -OCH3 is 1. The summed E-state index contributed by atoms with van der Waals surface area (Å²) in [5.41, 5.74) is 3.02. The van der Waals surface area contributed by atoms with Crippen molar-refractivity contribution in [2.45, 2.75) is 32.7 Å². The molecule has 0 bridgehead atoms. The zero-order valence-electron chi connectivity index (χ0n) is 15.9. The monoisotopic (exact) mass is 352 g/mol. The van der Waals surface area contributed by atoms with Gasteiger partial charge in [-0.05, 0) is 67.6 Å². The molecule has 138 valence electrons. The lowest BCUT2D eigenvalue weighted by atomic mass is 9.99. The number of hydrogen-bond donors (Lipinski definition) is 1. The average Bonchev–Trinajstić information content (AvgIpc) is 2.68. The molecule has 0 radical (unpaired) electrons. The third kappa shape index (κ3) is 4.37. The van der Waals surface area contributed by atoms with Crippen LogP contribution in [0, 0.1) is 5.92 Å². The van der Waals surface area contributed by atoms with Crippen LogP contribution < -0.4 is 15.0 Å². The van der Waals surface area contributed by atoms with E-state index in [-0.39, 0.29) is 11.9 Å². The van der Waals surface area contributed by atoms with E-state index >= 15 is 0 Å².